The summed E-state index contributed by atoms with van der Waals surface area (Å²) >= 11 is 0. The third kappa shape index (κ3) is 5.21. The number of fused-ring (bicyclic) bond motifs is 2. The molecule has 2 aromatic carbocycles. The molecule has 2 aromatic rings. The maximum absolute atomic E-state index is 14.0. The molecule has 0 amide bonds. The average Bonchev–Trinajstić information content (AvgIpc) is 3.25. The van der Waals surface area contributed by atoms with Crippen molar-refractivity contribution in [3.63, 3.8) is 0 Å². The van der Waals surface area contributed by atoms with Crippen molar-refractivity contribution in [2.45, 2.75) is 56.8 Å². The van der Waals surface area contributed by atoms with E-state index in [1.165, 1.54) is 24.5 Å². The average molecular weight is 567 g/mol. The monoisotopic (exact) mass is 567 g/mol. The van der Waals surface area contributed by atoms with E-state index < -0.39 is 0 Å². The van der Waals surface area contributed by atoms with Crippen LogP contribution in [0.15, 0.2) is 41.4 Å². The van der Waals surface area contributed by atoms with Crippen molar-refractivity contribution in [2.24, 2.45) is 4.99 Å². The second kappa shape index (κ2) is 10.5. The minimum atomic E-state index is -0.268. The Bertz CT molecular complexity index is 1010. The predicted octanol–water partition coefficient (Wildman–Crippen LogP) is 4.85. The second-order valence-electron chi connectivity index (χ2n) is 8.84. The fraction of sp³-hybridized carbons (Fsp3) is 0.480. The number of hydrogen-bond donors (Lipinski definition) is 2. The minimum Gasteiger partial charge on any atom is -0.487 e. The molecule has 1 atom stereocenters. The molecule has 2 heterocycles. The van der Waals surface area contributed by atoms with E-state index in [4.69, 9.17) is 14.2 Å². The van der Waals surface area contributed by atoms with Crippen LogP contribution >= 0.6 is 24.0 Å². The van der Waals surface area contributed by atoms with E-state index in [1.54, 1.807) is 13.1 Å². The van der Waals surface area contributed by atoms with Gasteiger partial charge in [-0.05, 0) is 55.9 Å². The van der Waals surface area contributed by atoms with E-state index in [0.717, 1.165) is 47.8 Å². The van der Waals surface area contributed by atoms with Crippen molar-refractivity contribution in [2.75, 3.05) is 20.4 Å². The van der Waals surface area contributed by atoms with Gasteiger partial charge in [0.2, 0.25) is 0 Å². The van der Waals surface area contributed by atoms with Gasteiger partial charge in [-0.1, -0.05) is 18.2 Å². The van der Waals surface area contributed by atoms with E-state index >= 15 is 0 Å². The molecule has 2 N–H and O–H groups in total. The van der Waals surface area contributed by atoms with Crippen LogP contribution in [0.3, 0.4) is 0 Å². The third-order valence-electron chi connectivity index (χ3n) is 6.68. The van der Waals surface area contributed by atoms with Crippen LogP contribution in [-0.4, -0.2) is 31.9 Å². The molecule has 0 bridgehead atoms. The molecule has 33 heavy (non-hydrogen) atoms. The molecule has 1 spiro atoms. The van der Waals surface area contributed by atoms with Gasteiger partial charge in [0.25, 0.3) is 0 Å². The molecule has 6 nitrogen and oxygen atoms in total. The number of nitrogens with one attached hydrogen (secondary N) is 2. The van der Waals surface area contributed by atoms with Gasteiger partial charge < -0.3 is 24.8 Å². The first-order chi connectivity index (χ1) is 15.7. The summed E-state index contributed by atoms with van der Waals surface area (Å²) in [6.07, 6.45) is 6.17. The van der Waals surface area contributed by atoms with Crippen LogP contribution in [-0.2, 0) is 17.8 Å². The van der Waals surface area contributed by atoms with Gasteiger partial charge in [0.15, 0.2) is 12.8 Å². The lowest BCUT2D eigenvalue weighted by Gasteiger charge is -2.40. The molecule has 178 valence electrons. The summed E-state index contributed by atoms with van der Waals surface area (Å²) in [5.41, 5.74) is 2.69. The zero-order valence-electron chi connectivity index (χ0n) is 18.9. The van der Waals surface area contributed by atoms with E-state index in [0.29, 0.717) is 19.6 Å². The highest BCUT2D eigenvalue weighted by Crippen LogP contribution is 2.47. The first-order valence-electron chi connectivity index (χ1n) is 11.4. The van der Waals surface area contributed by atoms with Crippen molar-refractivity contribution in [1.29, 1.82) is 0 Å². The smallest absolute Gasteiger partial charge is 0.191 e. The molecule has 0 radical (unpaired) electrons. The minimum absolute atomic E-state index is 0. The number of para-hydroxylation sites is 1. The SMILES string of the molecule is CN=C(NCCc1cc(F)cc2c1OCOC2)NC1CC2(CCCC2)Oc2ccccc21.I. The molecule has 1 unspecified atom stereocenters. The Morgan fingerprint density at radius 3 is 2.85 bits per heavy atom. The first kappa shape index (κ1) is 24.1. The highest BCUT2D eigenvalue weighted by molar-refractivity contribution is 14.0. The van der Waals surface area contributed by atoms with Crippen molar-refractivity contribution in [3.8, 4) is 11.5 Å². The molecule has 1 saturated carbocycles. The number of ether oxygens (including phenoxy) is 3. The molecular formula is C25H31FIN3O3. The fourth-order valence-electron chi connectivity index (χ4n) is 5.19. The van der Waals surface area contributed by atoms with Gasteiger partial charge in [-0.2, -0.15) is 0 Å². The van der Waals surface area contributed by atoms with Crippen molar-refractivity contribution in [1.82, 2.24) is 10.6 Å². The first-order valence-corrected chi connectivity index (χ1v) is 11.4. The van der Waals surface area contributed by atoms with Crippen molar-refractivity contribution in [3.05, 3.63) is 58.9 Å². The van der Waals surface area contributed by atoms with Crippen LogP contribution in [0, 0.1) is 5.82 Å². The van der Waals surface area contributed by atoms with E-state index in [1.807, 2.05) is 6.07 Å². The maximum atomic E-state index is 14.0. The molecule has 3 aliphatic rings. The van der Waals surface area contributed by atoms with Crippen LogP contribution in [0.25, 0.3) is 0 Å². The maximum Gasteiger partial charge on any atom is 0.191 e. The van der Waals surface area contributed by atoms with Crippen LogP contribution in [0.4, 0.5) is 4.39 Å². The molecule has 0 saturated heterocycles. The quantitative estimate of drug-likeness (QED) is 0.314. The molecule has 2 aliphatic heterocycles. The molecular weight excluding hydrogens is 536 g/mol. The van der Waals surface area contributed by atoms with Crippen LogP contribution in [0.5, 0.6) is 11.5 Å². The summed E-state index contributed by atoms with van der Waals surface area (Å²) in [6, 6.07) is 11.4. The van der Waals surface area contributed by atoms with Gasteiger partial charge in [-0.15, -0.1) is 24.0 Å². The Balaban J connectivity index is 0.00000259. The van der Waals surface area contributed by atoms with E-state index in [2.05, 4.69) is 33.8 Å². The third-order valence-corrected chi connectivity index (χ3v) is 6.68. The Kier molecular flexibility index (Phi) is 7.63. The van der Waals surface area contributed by atoms with E-state index in [9.17, 15) is 4.39 Å². The van der Waals surface area contributed by atoms with Crippen LogP contribution in [0.1, 0.15) is 54.8 Å². The highest BCUT2D eigenvalue weighted by Gasteiger charge is 2.43. The lowest BCUT2D eigenvalue weighted by Crippen LogP contribution is -2.47. The molecule has 5 rings (SSSR count). The van der Waals surface area contributed by atoms with Gasteiger partial charge in [0, 0.05) is 31.1 Å². The predicted molar refractivity (Wildman–Crippen MR) is 136 cm³/mol. The largest absolute Gasteiger partial charge is 0.487 e. The van der Waals surface area contributed by atoms with Crippen molar-refractivity contribution >= 4 is 29.9 Å². The van der Waals surface area contributed by atoms with Crippen LogP contribution < -0.4 is 20.1 Å². The van der Waals surface area contributed by atoms with Gasteiger partial charge >= 0.3 is 0 Å². The van der Waals surface area contributed by atoms with Gasteiger partial charge in [0.1, 0.15) is 22.9 Å². The Labute approximate surface area is 211 Å². The van der Waals surface area contributed by atoms with E-state index in [-0.39, 0.29) is 48.2 Å². The topological polar surface area (TPSA) is 64.1 Å². The standard InChI is InChI=1S/C25H30FN3O3.HI/c1-27-24(28-11-8-17-12-19(26)13-18-15-30-16-31-23(17)18)29-21-14-25(9-4-5-10-25)32-22-7-3-2-6-20(21)22;/h2-3,6-7,12-13,21H,4-5,8-11,14-16H2,1H3,(H2,27,28,29);1H. The normalized spacial score (nSPS) is 20.7. The molecule has 8 heteroatoms. The lowest BCUT2D eigenvalue weighted by molar-refractivity contribution is -0.0172. The Morgan fingerprint density at radius 1 is 1.21 bits per heavy atom. The molecule has 1 fully saturated rings. The van der Waals surface area contributed by atoms with Crippen molar-refractivity contribution < 1.29 is 18.6 Å². The Morgan fingerprint density at radius 2 is 2.03 bits per heavy atom. The fourth-order valence-corrected chi connectivity index (χ4v) is 5.19. The second-order valence-corrected chi connectivity index (χ2v) is 8.84. The number of halogens is 2. The Hall–Kier alpha value is -2.07. The van der Waals surface area contributed by atoms with Gasteiger partial charge in [0.05, 0.1) is 12.6 Å². The highest BCUT2D eigenvalue weighted by atomic mass is 127. The number of nitrogens with zero attached hydrogens (tertiary/aromatic N) is 1. The summed E-state index contributed by atoms with van der Waals surface area (Å²) in [4.78, 5) is 4.43. The zero-order valence-corrected chi connectivity index (χ0v) is 21.2. The summed E-state index contributed by atoms with van der Waals surface area (Å²) in [6.45, 7) is 1.19. The number of guanidine groups is 1. The number of aliphatic imine (C=N–C) groups is 1. The van der Waals surface area contributed by atoms with Gasteiger partial charge in [-0.3, -0.25) is 4.99 Å². The number of benzene rings is 2. The number of rotatable bonds is 4. The molecule has 1 aliphatic carbocycles. The molecule has 0 aromatic heterocycles. The number of hydrogen-bond acceptors (Lipinski definition) is 4. The summed E-state index contributed by atoms with van der Waals surface area (Å²) in [7, 11) is 1.77. The summed E-state index contributed by atoms with van der Waals surface area (Å²) < 4.78 is 31.4. The lowest BCUT2D eigenvalue weighted by atomic mass is 9.86. The summed E-state index contributed by atoms with van der Waals surface area (Å²) in [5, 5.41) is 7.00. The zero-order chi connectivity index (χ0) is 22.0. The van der Waals surface area contributed by atoms with Crippen LogP contribution in [0.2, 0.25) is 0 Å². The summed E-state index contributed by atoms with van der Waals surface area (Å²) in [5.74, 6) is 2.17. The van der Waals surface area contributed by atoms with Gasteiger partial charge in [-0.25, -0.2) is 4.39 Å².